The Bertz CT molecular complexity index is 277. The highest BCUT2D eigenvalue weighted by atomic mass is 19.1. The molecule has 0 fully saturated rings. The predicted molar refractivity (Wildman–Crippen MR) is 60.3 cm³/mol. The summed E-state index contributed by atoms with van der Waals surface area (Å²) in [7, 11) is 0. The van der Waals surface area contributed by atoms with Crippen LogP contribution in [0.2, 0.25) is 0 Å². The molecule has 0 unspecified atom stereocenters. The second-order valence-corrected chi connectivity index (χ2v) is 3.69. The Balaban J connectivity index is 3.96. The Hall–Kier alpha value is -1.27. The van der Waals surface area contributed by atoms with Crippen molar-refractivity contribution in [1.82, 2.24) is 5.32 Å². The van der Waals surface area contributed by atoms with Crippen molar-refractivity contribution in [1.29, 1.82) is 5.41 Å². The zero-order chi connectivity index (χ0) is 12.6. The molecule has 0 aromatic heterocycles. The molecule has 92 valence electrons. The highest BCUT2D eigenvalue weighted by Crippen LogP contribution is 2.12. The average molecular weight is 231 g/mol. The molecular weight excluding hydrogens is 213 g/mol. The fourth-order valence-corrected chi connectivity index (χ4v) is 1.02. The van der Waals surface area contributed by atoms with Crippen LogP contribution in [0, 0.1) is 5.41 Å². The summed E-state index contributed by atoms with van der Waals surface area (Å²) >= 11 is 0. The van der Waals surface area contributed by atoms with Gasteiger partial charge in [-0.25, -0.2) is 9.18 Å². The largest absolute Gasteiger partial charge is 0.480 e. The summed E-state index contributed by atoms with van der Waals surface area (Å²) in [5.41, 5.74) is 3.69. The maximum atomic E-state index is 13.2. The number of carboxylic acids is 1. The quantitative estimate of drug-likeness (QED) is 0.364. The van der Waals surface area contributed by atoms with E-state index in [9.17, 15) is 9.18 Å². The van der Waals surface area contributed by atoms with Gasteiger partial charge in [0, 0.05) is 19.2 Å². The van der Waals surface area contributed by atoms with Gasteiger partial charge in [-0.1, -0.05) is 0 Å². The van der Waals surface area contributed by atoms with Crippen LogP contribution in [0.3, 0.4) is 0 Å². The van der Waals surface area contributed by atoms with Crippen LogP contribution in [0.15, 0.2) is 11.9 Å². The molecule has 5 nitrogen and oxygen atoms in total. The normalized spacial score (nSPS) is 15.6. The number of allylic oxidation sites excluding steroid dienone is 1. The van der Waals surface area contributed by atoms with Crippen LogP contribution in [0.25, 0.3) is 0 Å². The van der Waals surface area contributed by atoms with Crippen LogP contribution in [-0.4, -0.2) is 35.9 Å². The van der Waals surface area contributed by atoms with Crippen LogP contribution in [0.1, 0.15) is 19.8 Å². The predicted octanol–water partition coefficient (Wildman–Crippen LogP) is 0.661. The molecule has 6 heteroatoms. The molecule has 0 radical (unpaired) electrons. The number of hydrogen-bond donors (Lipinski definition) is 4. The average Bonchev–Trinajstić information content (AvgIpc) is 2.16. The van der Waals surface area contributed by atoms with Gasteiger partial charge in [-0.05, 0) is 26.0 Å². The van der Waals surface area contributed by atoms with Gasteiger partial charge in [0.05, 0.1) is 5.83 Å². The molecule has 0 aliphatic heterocycles. The van der Waals surface area contributed by atoms with Crippen molar-refractivity contribution in [2.45, 2.75) is 25.3 Å². The van der Waals surface area contributed by atoms with E-state index in [1.807, 2.05) is 0 Å². The Morgan fingerprint density at radius 3 is 2.81 bits per heavy atom. The van der Waals surface area contributed by atoms with Crippen molar-refractivity contribution < 1.29 is 14.3 Å². The molecule has 0 rings (SSSR count). The first-order valence-corrected chi connectivity index (χ1v) is 4.99. The Labute approximate surface area is 94.0 Å². The molecule has 0 aliphatic carbocycles. The molecule has 1 atom stereocenters. The summed E-state index contributed by atoms with van der Waals surface area (Å²) in [6.07, 6.45) is 2.82. The number of halogens is 1. The summed E-state index contributed by atoms with van der Waals surface area (Å²) in [6, 6.07) is 0. The van der Waals surface area contributed by atoms with E-state index in [1.165, 1.54) is 13.1 Å². The number of carboxylic acid groups (broad SMARTS) is 1. The second-order valence-electron chi connectivity index (χ2n) is 3.69. The molecule has 0 aromatic rings. The monoisotopic (exact) mass is 231 g/mol. The van der Waals surface area contributed by atoms with Crippen molar-refractivity contribution in [2.24, 2.45) is 5.73 Å². The van der Waals surface area contributed by atoms with E-state index in [-0.39, 0.29) is 6.42 Å². The van der Waals surface area contributed by atoms with Gasteiger partial charge in [0.2, 0.25) is 0 Å². The van der Waals surface area contributed by atoms with Gasteiger partial charge in [0.15, 0.2) is 0 Å². The van der Waals surface area contributed by atoms with E-state index < -0.39 is 17.3 Å². The first-order chi connectivity index (χ1) is 7.40. The van der Waals surface area contributed by atoms with Crippen molar-refractivity contribution in [3.05, 3.63) is 11.9 Å². The molecule has 0 heterocycles. The van der Waals surface area contributed by atoms with Gasteiger partial charge in [-0.2, -0.15) is 0 Å². The number of hydrogen-bond acceptors (Lipinski definition) is 4. The molecular formula is C10H18FN3O2. The highest BCUT2D eigenvalue weighted by molar-refractivity contribution is 5.80. The molecule has 0 amide bonds. The molecule has 0 saturated carbocycles. The molecule has 5 N–H and O–H groups in total. The van der Waals surface area contributed by atoms with Gasteiger partial charge in [-0.15, -0.1) is 0 Å². The lowest BCUT2D eigenvalue weighted by atomic mass is 10.0. The summed E-state index contributed by atoms with van der Waals surface area (Å²) in [5, 5.41) is 18.3. The summed E-state index contributed by atoms with van der Waals surface area (Å²) < 4.78 is 13.2. The third-order valence-electron chi connectivity index (χ3n) is 1.93. The third-order valence-corrected chi connectivity index (χ3v) is 1.93. The Kier molecular flexibility index (Phi) is 6.52. The van der Waals surface area contributed by atoms with Crippen LogP contribution >= 0.6 is 0 Å². The number of carbonyl (C=O) groups is 1. The second kappa shape index (κ2) is 7.08. The van der Waals surface area contributed by atoms with Crippen molar-refractivity contribution in [3.63, 3.8) is 0 Å². The van der Waals surface area contributed by atoms with Gasteiger partial charge < -0.3 is 21.6 Å². The lowest BCUT2D eigenvalue weighted by Crippen LogP contribution is -2.42. The first kappa shape index (κ1) is 14.7. The van der Waals surface area contributed by atoms with E-state index >= 15 is 0 Å². The third kappa shape index (κ3) is 6.26. The van der Waals surface area contributed by atoms with Crippen LogP contribution in [0.4, 0.5) is 4.39 Å². The molecule has 16 heavy (non-hydrogen) atoms. The minimum atomic E-state index is -1.66. The van der Waals surface area contributed by atoms with E-state index in [4.69, 9.17) is 16.2 Å². The molecule has 0 bridgehead atoms. The van der Waals surface area contributed by atoms with Gasteiger partial charge in [-0.3, -0.25) is 0 Å². The lowest BCUT2D eigenvalue weighted by Gasteiger charge is -2.14. The smallest absolute Gasteiger partial charge is 0.327 e. The van der Waals surface area contributed by atoms with Crippen molar-refractivity contribution in [2.75, 3.05) is 13.1 Å². The van der Waals surface area contributed by atoms with Gasteiger partial charge in [0.1, 0.15) is 5.54 Å². The van der Waals surface area contributed by atoms with Crippen LogP contribution in [0.5, 0.6) is 0 Å². The number of nitrogens with two attached hydrogens (primary N) is 1. The standard InChI is InChI=1S/C10H18FN3O2/c1-10(13,9(15)16)7-8(11)3-2-5-14-6-4-12/h4,7,12,14H,2-3,5-6,13H2,1H3,(H,15,16)/b8-7+,12-4?/t10-/m0/s1. The summed E-state index contributed by atoms with van der Waals surface area (Å²) in [6.45, 7) is 2.27. The van der Waals surface area contributed by atoms with E-state index in [0.29, 0.717) is 19.5 Å². The summed E-state index contributed by atoms with van der Waals surface area (Å²) in [5.74, 6) is -1.78. The topological polar surface area (TPSA) is 99.2 Å². The van der Waals surface area contributed by atoms with Crippen LogP contribution < -0.4 is 11.1 Å². The SMILES string of the molecule is C[C@](N)(/C=C(/F)CCCNCC=N)C(=O)O. The minimum absolute atomic E-state index is 0.144. The fraction of sp³-hybridized carbons (Fsp3) is 0.600. The number of rotatable bonds is 8. The van der Waals surface area contributed by atoms with E-state index in [2.05, 4.69) is 5.32 Å². The van der Waals surface area contributed by atoms with Gasteiger partial charge in [0.25, 0.3) is 0 Å². The first-order valence-electron chi connectivity index (χ1n) is 4.99. The number of nitrogens with one attached hydrogen (secondary N) is 2. The molecule has 0 aromatic carbocycles. The van der Waals surface area contributed by atoms with Crippen molar-refractivity contribution >= 4 is 12.2 Å². The summed E-state index contributed by atoms with van der Waals surface area (Å²) in [4.78, 5) is 10.6. The van der Waals surface area contributed by atoms with Crippen LogP contribution in [-0.2, 0) is 4.79 Å². The maximum absolute atomic E-state index is 13.2. The molecule has 0 spiro atoms. The van der Waals surface area contributed by atoms with Gasteiger partial charge >= 0.3 is 5.97 Å². The van der Waals surface area contributed by atoms with Crippen molar-refractivity contribution in [3.8, 4) is 0 Å². The van der Waals surface area contributed by atoms with E-state index in [1.54, 1.807) is 0 Å². The molecule has 0 saturated heterocycles. The number of aliphatic carboxylic acids is 1. The minimum Gasteiger partial charge on any atom is -0.480 e. The highest BCUT2D eigenvalue weighted by Gasteiger charge is 2.25. The fourth-order valence-electron chi connectivity index (χ4n) is 1.02. The van der Waals surface area contributed by atoms with E-state index in [0.717, 1.165) is 6.08 Å². The lowest BCUT2D eigenvalue weighted by molar-refractivity contribution is -0.140. The zero-order valence-corrected chi connectivity index (χ0v) is 9.29. The molecule has 0 aliphatic rings. The Morgan fingerprint density at radius 2 is 2.31 bits per heavy atom. The maximum Gasteiger partial charge on any atom is 0.327 e. The Morgan fingerprint density at radius 1 is 1.69 bits per heavy atom. The zero-order valence-electron chi connectivity index (χ0n) is 9.29.